The van der Waals surface area contributed by atoms with Gasteiger partial charge in [-0.2, -0.15) is 0 Å². The van der Waals surface area contributed by atoms with Crippen molar-refractivity contribution >= 4 is 0 Å². The molecular weight excluding hydrogens is 338 g/mol. The molecule has 0 atom stereocenters. The van der Waals surface area contributed by atoms with Crippen molar-refractivity contribution in [3.63, 3.8) is 0 Å². The van der Waals surface area contributed by atoms with Crippen LogP contribution in [-0.4, -0.2) is 24.5 Å². The summed E-state index contributed by atoms with van der Waals surface area (Å²) in [5.74, 6) is 0. The first-order valence-corrected chi connectivity index (χ1v) is 10.9. The standard InChI is InChI=1S/C27H39N/c1-7-23-14-16-24(17-15-23)18-26(21(3)4)19-25(8-2)22(5)20-28(6)27-12-10-9-11-13-27/h8,14-17,19,27H,2-3,7,9-13,18,20H2,1,4-6H3/b25-22+,26-19-. The van der Waals surface area contributed by atoms with Crippen LogP contribution in [0.3, 0.4) is 0 Å². The van der Waals surface area contributed by atoms with Crippen LogP contribution in [0.1, 0.15) is 64.0 Å². The van der Waals surface area contributed by atoms with Gasteiger partial charge in [0.25, 0.3) is 0 Å². The van der Waals surface area contributed by atoms with E-state index in [1.165, 1.54) is 60.0 Å². The molecule has 1 fully saturated rings. The molecule has 0 aliphatic heterocycles. The average Bonchev–Trinajstić information content (AvgIpc) is 2.71. The zero-order valence-electron chi connectivity index (χ0n) is 18.6. The highest BCUT2D eigenvalue weighted by Gasteiger charge is 2.18. The Hall–Kier alpha value is -1.86. The van der Waals surface area contributed by atoms with Crippen molar-refractivity contribution in [3.05, 3.63) is 83.0 Å². The van der Waals surface area contributed by atoms with Gasteiger partial charge in [-0.1, -0.05) is 86.9 Å². The van der Waals surface area contributed by atoms with Gasteiger partial charge in [0.1, 0.15) is 0 Å². The summed E-state index contributed by atoms with van der Waals surface area (Å²) in [6.45, 7) is 15.9. The lowest BCUT2D eigenvalue weighted by atomic mass is 9.93. The van der Waals surface area contributed by atoms with Gasteiger partial charge >= 0.3 is 0 Å². The monoisotopic (exact) mass is 377 g/mol. The fourth-order valence-corrected chi connectivity index (χ4v) is 4.10. The van der Waals surface area contributed by atoms with E-state index in [4.69, 9.17) is 0 Å². The summed E-state index contributed by atoms with van der Waals surface area (Å²) >= 11 is 0. The number of nitrogens with zero attached hydrogens (tertiary/aromatic N) is 1. The van der Waals surface area contributed by atoms with E-state index in [1.54, 1.807) is 0 Å². The van der Waals surface area contributed by atoms with Crippen LogP contribution in [0.15, 0.2) is 71.9 Å². The van der Waals surface area contributed by atoms with Crippen LogP contribution in [0.25, 0.3) is 0 Å². The van der Waals surface area contributed by atoms with Gasteiger partial charge in [-0.25, -0.2) is 0 Å². The molecule has 0 N–H and O–H groups in total. The Morgan fingerprint density at radius 3 is 2.21 bits per heavy atom. The summed E-state index contributed by atoms with van der Waals surface area (Å²) < 4.78 is 0. The smallest absolute Gasteiger partial charge is 0.0199 e. The first-order valence-electron chi connectivity index (χ1n) is 10.9. The van der Waals surface area contributed by atoms with Crippen LogP contribution in [0.4, 0.5) is 0 Å². The predicted molar refractivity (Wildman–Crippen MR) is 125 cm³/mol. The van der Waals surface area contributed by atoms with Crippen molar-refractivity contribution in [2.45, 2.75) is 71.8 Å². The summed E-state index contributed by atoms with van der Waals surface area (Å²) in [4.78, 5) is 2.54. The predicted octanol–water partition coefficient (Wildman–Crippen LogP) is 7.06. The first-order chi connectivity index (χ1) is 13.4. The molecule has 1 saturated carbocycles. The highest BCUT2D eigenvalue weighted by atomic mass is 15.1. The quantitative estimate of drug-likeness (QED) is 0.416. The van der Waals surface area contributed by atoms with Crippen molar-refractivity contribution in [2.75, 3.05) is 13.6 Å². The van der Waals surface area contributed by atoms with Crippen molar-refractivity contribution in [1.29, 1.82) is 0 Å². The van der Waals surface area contributed by atoms with Crippen LogP contribution in [0, 0.1) is 0 Å². The van der Waals surface area contributed by atoms with Crippen molar-refractivity contribution in [2.24, 2.45) is 0 Å². The minimum absolute atomic E-state index is 0.733. The highest BCUT2D eigenvalue weighted by Crippen LogP contribution is 2.24. The minimum Gasteiger partial charge on any atom is -0.299 e. The molecule has 1 aliphatic carbocycles. The summed E-state index contributed by atoms with van der Waals surface area (Å²) in [6.07, 6.45) is 13.1. The van der Waals surface area contributed by atoms with Crippen LogP contribution in [0.5, 0.6) is 0 Å². The van der Waals surface area contributed by atoms with E-state index in [9.17, 15) is 0 Å². The molecule has 1 aromatic carbocycles. The van der Waals surface area contributed by atoms with Gasteiger partial charge in [-0.15, -0.1) is 0 Å². The molecule has 0 amide bonds. The molecule has 0 bridgehead atoms. The topological polar surface area (TPSA) is 3.24 Å². The Kier molecular flexibility index (Phi) is 8.99. The fraction of sp³-hybridized carbons (Fsp3) is 0.481. The minimum atomic E-state index is 0.733. The molecule has 1 nitrogen and oxygen atoms in total. The molecule has 1 aliphatic rings. The lowest BCUT2D eigenvalue weighted by molar-refractivity contribution is 0.205. The largest absolute Gasteiger partial charge is 0.299 e. The molecule has 1 aromatic rings. The van der Waals surface area contributed by atoms with E-state index in [-0.39, 0.29) is 0 Å². The molecule has 0 heterocycles. The number of likely N-dealkylation sites (N-methyl/N-ethyl adjacent to an activating group) is 1. The molecule has 1 heteroatoms. The third-order valence-corrected chi connectivity index (χ3v) is 6.10. The second kappa shape index (κ2) is 11.2. The molecule has 0 unspecified atom stereocenters. The number of allylic oxidation sites excluding steroid dienone is 5. The van der Waals surface area contributed by atoms with Gasteiger partial charge in [0.2, 0.25) is 0 Å². The second-order valence-corrected chi connectivity index (χ2v) is 8.44. The van der Waals surface area contributed by atoms with Crippen LogP contribution in [0.2, 0.25) is 0 Å². The van der Waals surface area contributed by atoms with E-state index in [1.807, 2.05) is 6.08 Å². The lowest BCUT2D eigenvalue weighted by Gasteiger charge is -2.31. The Balaban J connectivity index is 2.16. The molecule has 0 radical (unpaired) electrons. The second-order valence-electron chi connectivity index (χ2n) is 8.44. The van der Waals surface area contributed by atoms with E-state index >= 15 is 0 Å². The van der Waals surface area contributed by atoms with Gasteiger partial charge < -0.3 is 0 Å². The molecule has 28 heavy (non-hydrogen) atoms. The normalized spacial score (nSPS) is 16.8. The van der Waals surface area contributed by atoms with Crippen LogP contribution in [-0.2, 0) is 12.8 Å². The van der Waals surface area contributed by atoms with E-state index in [0.29, 0.717) is 0 Å². The Morgan fingerprint density at radius 1 is 1.07 bits per heavy atom. The van der Waals surface area contributed by atoms with Gasteiger partial charge in [0.15, 0.2) is 0 Å². The molecule has 0 saturated heterocycles. The molecule has 0 aromatic heterocycles. The summed E-state index contributed by atoms with van der Waals surface area (Å²) in [6, 6.07) is 9.70. The highest BCUT2D eigenvalue weighted by molar-refractivity contribution is 5.44. The van der Waals surface area contributed by atoms with Gasteiger partial charge in [-0.05, 0) is 68.9 Å². The zero-order chi connectivity index (χ0) is 20.5. The Labute approximate surface area is 173 Å². The summed E-state index contributed by atoms with van der Waals surface area (Å²) in [7, 11) is 2.28. The van der Waals surface area contributed by atoms with E-state index < -0.39 is 0 Å². The molecule has 2 rings (SSSR count). The molecular formula is C27H39N. The maximum absolute atomic E-state index is 4.23. The fourth-order valence-electron chi connectivity index (χ4n) is 4.10. The van der Waals surface area contributed by atoms with Crippen LogP contribution < -0.4 is 0 Å². The third kappa shape index (κ3) is 6.63. The maximum atomic E-state index is 4.23. The van der Waals surface area contributed by atoms with E-state index in [0.717, 1.165) is 31.0 Å². The Morgan fingerprint density at radius 2 is 1.68 bits per heavy atom. The zero-order valence-corrected chi connectivity index (χ0v) is 18.6. The van der Waals surface area contributed by atoms with E-state index in [2.05, 4.69) is 76.2 Å². The molecule has 152 valence electrons. The number of hydrogen-bond acceptors (Lipinski definition) is 1. The number of hydrogen-bond donors (Lipinski definition) is 0. The number of aryl methyl sites for hydroxylation is 1. The third-order valence-electron chi connectivity index (χ3n) is 6.10. The number of benzene rings is 1. The first kappa shape index (κ1) is 22.4. The lowest BCUT2D eigenvalue weighted by Crippen LogP contribution is -2.34. The molecule has 0 spiro atoms. The van der Waals surface area contributed by atoms with Gasteiger partial charge in [0, 0.05) is 12.6 Å². The Bertz CT molecular complexity index is 711. The van der Waals surface area contributed by atoms with Gasteiger partial charge in [0.05, 0.1) is 0 Å². The SMILES string of the molecule is C=CC(/C=C(/Cc1ccc(CC)cc1)C(=C)C)=C(/C)CN(C)C1CCCCC1. The maximum Gasteiger partial charge on any atom is 0.0199 e. The summed E-state index contributed by atoms with van der Waals surface area (Å²) in [5, 5.41) is 0. The van der Waals surface area contributed by atoms with Crippen molar-refractivity contribution in [3.8, 4) is 0 Å². The van der Waals surface area contributed by atoms with Crippen molar-refractivity contribution < 1.29 is 0 Å². The van der Waals surface area contributed by atoms with Gasteiger partial charge in [-0.3, -0.25) is 4.90 Å². The summed E-state index contributed by atoms with van der Waals surface area (Å²) in [5.41, 5.74) is 7.78. The van der Waals surface area contributed by atoms with Crippen molar-refractivity contribution in [1.82, 2.24) is 4.90 Å². The average molecular weight is 378 g/mol. The van der Waals surface area contributed by atoms with Crippen LogP contribution >= 0.6 is 0 Å². The number of rotatable bonds is 9.